The zero-order valence-corrected chi connectivity index (χ0v) is 9.98. The molecule has 94 valence electrons. The van der Waals surface area contributed by atoms with Gasteiger partial charge in [-0.2, -0.15) is 24.9 Å². The van der Waals surface area contributed by atoms with E-state index in [4.69, 9.17) is 0 Å². The molecule has 0 fully saturated rings. The van der Waals surface area contributed by atoms with Gasteiger partial charge in [-0.1, -0.05) is 30.3 Å². The summed E-state index contributed by atoms with van der Waals surface area (Å²) in [6.07, 6.45) is -3.08. The molecule has 0 saturated carbocycles. The topological polar surface area (TPSA) is 17.1 Å². The highest BCUT2D eigenvalue weighted by molar-refractivity contribution is 7.99. The van der Waals surface area contributed by atoms with Crippen molar-refractivity contribution in [3.8, 4) is 0 Å². The van der Waals surface area contributed by atoms with E-state index in [2.05, 4.69) is 0 Å². The summed E-state index contributed by atoms with van der Waals surface area (Å²) in [5.74, 6) is -1.56. The lowest BCUT2D eigenvalue weighted by Crippen LogP contribution is -2.24. The molecular weight excluding hydrogens is 249 g/mol. The van der Waals surface area contributed by atoms with Gasteiger partial charge < -0.3 is 0 Å². The van der Waals surface area contributed by atoms with Crippen LogP contribution in [0.5, 0.6) is 0 Å². The van der Waals surface area contributed by atoms with Gasteiger partial charge in [0.25, 0.3) is 0 Å². The fraction of sp³-hybridized carbons (Fsp3) is 0.417. The number of Topliss-reactive ketones (excluding diaryl/α,β-unsaturated/α-hetero) is 1. The fourth-order valence-electron chi connectivity index (χ4n) is 1.27. The summed E-state index contributed by atoms with van der Waals surface area (Å²) in [7, 11) is 0. The van der Waals surface area contributed by atoms with Crippen molar-refractivity contribution in [1.29, 1.82) is 0 Å². The Kier molecular flexibility index (Phi) is 5.55. The third-order valence-corrected chi connectivity index (χ3v) is 3.19. The second-order valence-corrected chi connectivity index (χ2v) is 4.67. The monoisotopic (exact) mass is 262 g/mol. The molecule has 0 aliphatic carbocycles. The summed E-state index contributed by atoms with van der Waals surface area (Å²) in [5, 5.41) is 0. The largest absolute Gasteiger partial charge is 0.450 e. The van der Waals surface area contributed by atoms with Gasteiger partial charge in [0.1, 0.15) is 0 Å². The van der Waals surface area contributed by atoms with Gasteiger partial charge in [0.05, 0.1) is 5.75 Å². The summed E-state index contributed by atoms with van der Waals surface area (Å²) in [6, 6.07) is 9.72. The summed E-state index contributed by atoms with van der Waals surface area (Å²) < 4.78 is 35.6. The van der Waals surface area contributed by atoms with Crippen LogP contribution in [0.3, 0.4) is 0 Å². The van der Waals surface area contributed by atoms with Crippen molar-refractivity contribution in [2.24, 2.45) is 0 Å². The predicted octanol–water partition coefficient (Wildman–Crippen LogP) is 3.48. The molecule has 0 aromatic heterocycles. The van der Waals surface area contributed by atoms with E-state index in [9.17, 15) is 18.0 Å². The lowest BCUT2D eigenvalue weighted by Gasteiger charge is -2.04. The van der Waals surface area contributed by atoms with Crippen LogP contribution in [-0.2, 0) is 11.2 Å². The van der Waals surface area contributed by atoms with Crippen LogP contribution >= 0.6 is 11.8 Å². The smallest absolute Gasteiger partial charge is 0.289 e. The second kappa shape index (κ2) is 6.69. The molecule has 0 aliphatic heterocycles. The van der Waals surface area contributed by atoms with Crippen molar-refractivity contribution in [3.63, 3.8) is 0 Å². The number of carbonyl (C=O) groups is 1. The number of thioether (sulfide) groups is 1. The number of aryl methyl sites for hydroxylation is 1. The molecule has 0 unspecified atom stereocenters. The highest BCUT2D eigenvalue weighted by Gasteiger charge is 2.37. The molecule has 0 spiro atoms. The van der Waals surface area contributed by atoms with Gasteiger partial charge in [-0.15, -0.1) is 0 Å². The molecular formula is C12H13F3OS. The summed E-state index contributed by atoms with van der Waals surface area (Å²) in [6.45, 7) is 0. The maximum atomic E-state index is 11.9. The van der Waals surface area contributed by atoms with Crippen LogP contribution in [0.1, 0.15) is 12.0 Å². The Hall–Kier alpha value is -0.970. The van der Waals surface area contributed by atoms with Crippen LogP contribution < -0.4 is 0 Å². The summed E-state index contributed by atoms with van der Waals surface area (Å²) >= 11 is 1.04. The Labute approximate surface area is 102 Å². The van der Waals surface area contributed by atoms with E-state index in [1.165, 1.54) is 0 Å². The van der Waals surface area contributed by atoms with Gasteiger partial charge in [-0.3, -0.25) is 4.79 Å². The van der Waals surface area contributed by atoms with E-state index < -0.39 is 17.7 Å². The third kappa shape index (κ3) is 5.77. The minimum Gasteiger partial charge on any atom is -0.289 e. The molecule has 0 saturated heterocycles. The second-order valence-electron chi connectivity index (χ2n) is 3.56. The molecule has 0 amide bonds. The molecule has 1 aromatic carbocycles. The Morgan fingerprint density at radius 3 is 2.41 bits per heavy atom. The molecule has 5 heteroatoms. The standard InChI is InChI=1S/C12H13F3OS/c13-12(14,15)11(16)9-17-8-4-7-10-5-2-1-3-6-10/h1-3,5-6H,4,7-9H2. The van der Waals surface area contributed by atoms with E-state index in [0.29, 0.717) is 5.75 Å². The zero-order valence-electron chi connectivity index (χ0n) is 9.17. The Morgan fingerprint density at radius 2 is 1.82 bits per heavy atom. The summed E-state index contributed by atoms with van der Waals surface area (Å²) in [5.41, 5.74) is 1.16. The Morgan fingerprint density at radius 1 is 1.18 bits per heavy atom. The van der Waals surface area contributed by atoms with Gasteiger partial charge >= 0.3 is 6.18 Å². The average Bonchev–Trinajstić information content (AvgIpc) is 2.28. The van der Waals surface area contributed by atoms with Crippen LogP contribution in [0.2, 0.25) is 0 Å². The van der Waals surface area contributed by atoms with E-state index >= 15 is 0 Å². The van der Waals surface area contributed by atoms with Crippen molar-refractivity contribution in [3.05, 3.63) is 35.9 Å². The van der Waals surface area contributed by atoms with E-state index in [1.54, 1.807) is 0 Å². The number of halogens is 3. The van der Waals surface area contributed by atoms with Crippen LogP contribution in [-0.4, -0.2) is 23.5 Å². The summed E-state index contributed by atoms with van der Waals surface area (Å²) in [4.78, 5) is 10.6. The molecule has 0 N–H and O–H groups in total. The minimum atomic E-state index is -4.69. The molecule has 0 atom stereocenters. The molecule has 0 aliphatic rings. The zero-order chi connectivity index (χ0) is 12.7. The van der Waals surface area contributed by atoms with Gasteiger partial charge in [0.15, 0.2) is 0 Å². The molecule has 0 heterocycles. The number of rotatable bonds is 6. The predicted molar refractivity (Wildman–Crippen MR) is 63.2 cm³/mol. The minimum absolute atomic E-state index is 0.474. The van der Waals surface area contributed by atoms with Gasteiger partial charge in [0.2, 0.25) is 5.78 Å². The third-order valence-electron chi connectivity index (χ3n) is 2.15. The van der Waals surface area contributed by atoms with Crippen molar-refractivity contribution in [2.45, 2.75) is 19.0 Å². The highest BCUT2D eigenvalue weighted by atomic mass is 32.2. The first-order valence-electron chi connectivity index (χ1n) is 5.22. The first-order chi connectivity index (χ1) is 8.00. The van der Waals surface area contributed by atoms with E-state index in [0.717, 1.165) is 30.2 Å². The first-order valence-corrected chi connectivity index (χ1v) is 6.37. The number of alkyl halides is 3. The van der Waals surface area contributed by atoms with E-state index in [-0.39, 0.29) is 0 Å². The number of hydrogen-bond acceptors (Lipinski definition) is 2. The number of ketones is 1. The highest BCUT2D eigenvalue weighted by Crippen LogP contribution is 2.19. The van der Waals surface area contributed by atoms with Crippen LogP contribution in [0.25, 0.3) is 0 Å². The number of hydrogen-bond donors (Lipinski definition) is 0. The molecule has 17 heavy (non-hydrogen) atoms. The Bertz CT molecular complexity index is 349. The fourth-order valence-corrected chi connectivity index (χ4v) is 2.11. The van der Waals surface area contributed by atoms with Crippen molar-refractivity contribution in [1.82, 2.24) is 0 Å². The van der Waals surface area contributed by atoms with E-state index in [1.807, 2.05) is 30.3 Å². The quantitative estimate of drug-likeness (QED) is 0.730. The lowest BCUT2D eigenvalue weighted by atomic mass is 10.1. The maximum absolute atomic E-state index is 11.9. The van der Waals surface area contributed by atoms with Gasteiger partial charge in [-0.25, -0.2) is 0 Å². The van der Waals surface area contributed by atoms with Crippen molar-refractivity contribution < 1.29 is 18.0 Å². The molecule has 1 nitrogen and oxygen atoms in total. The first kappa shape index (κ1) is 14.1. The lowest BCUT2D eigenvalue weighted by molar-refractivity contribution is -0.167. The molecule has 0 radical (unpaired) electrons. The maximum Gasteiger partial charge on any atom is 0.450 e. The average molecular weight is 262 g/mol. The Balaban J connectivity index is 2.12. The van der Waals surface area contributed by atoms with Gasteiger partial charge in [0, 0.05) is 0 Å². The normalized spacial score (nSPS) is 11.5. The number of benzene rings is 1. The molecule has 1 aromatic rings. The molecule has 0 bridgehead atoms. The van der Waals surface area contributed by atoms with Crippen LogP contribution in [0.15, 0.2) is 30.3 Å². The van der Waals surface area contributed by atoms with Gasteiger partial charge in [-0.05, 0) is 24.2 Å². The van der Waals surface area contributed by atoms with Crippen LogP contribution in [0, 0.1) is 0 Å². The number of carbonyl (C=O) groups excluding carboxylic acids is 1. The molecule has 1 rings (SSSR count). The SMILES string of the molecule is O=C(CSCCCc1ccccc1)C(F)(F)F. The van der Waals surface area contributed by atoms with Crippen molar-refractivity contribution in [2.75, 3.05) is 11.5 Å². The van der Waals surface area contributed by atoms with Crippen molar-refractivity contribution >= 4 is 17.5 Å². The van der Waals surface area contributed by atoms with Crippen LogP contribution in [0.4, 0.5) is 13.2 Å².